The Labute approximate surface area is 226 Å². The number of hydrogen-bond acceptors (Lipinski definition) is 7. The van der Waals surface area contributed by atoms with E-state index in [1.807, 2.05) is 13.0 Å². The number of ether oxygens (including phenoxy) is 2. The lowest BCUT2D eigenvalue weighted by Gasteiger charge is -2.14. The minimum Gasteiger partial charge on any atom is -0.490 e. The van der Waals surface area contributed by atoms with Gasteiger partial charge >= 0.3 is 0 Å². The second-order valence-electron chi connectivity index (χ2n) is 7.47. The number of thioether (sulfide) groups is 1. The molecule has 1 fully saturated rings. The Morgan fingerprint density at radius 2 is 1.86 bits per heavy atom. The van der Waals surface area contributed by atoms with Crippen molar-refractivity contribution in [3.63, 3.8) is 0 Å². The third kappa shape index (κ3) is 5.82. The highest BCUT2D eigenvalue weighted by molar-refractivity contribution is 8.27. The molecule has 3 aromatic carbocycles. The van der Waals surface area contributed by atoms with Crippen LogP contribution in [0.2, 0.25) is 10.0 Å². The molecule has 11 heteroatoms. The number of carbonyl (C=O) groups is 1. The monoisotopic (exact) mass is 560 g/mol. The highest BCUT2D eigenvalue weighted by Gasteiger charge is 2.34. The summed E-state index contributed by atoms with van der Waals surface area (Å²) in [5.74, 6) is 0.688. The van der Waals surface area contributed by atoms with Gasteiger partial charge in [-0.05, 0) is 54.5 Å². The van der Waals surface area contributed by atoms with E-state index in [1.165, 1.54) is 23.1 Å². The van der Waals surface area contributed by atoms with Crippen LogP contribution in [-0.4, -0.2) is 21.8 Å². The lowest BCUT2D eigenvalue weighted by atomic mass is 10.1. The van der Waals surface area contributed by atoms with Gasteiger partial charge < -0.3 is 9.47 Å². The van der Waals surface area contributed by atoms with Crippen molar-refractivity contribution in [3.05, 3.63) is 96.9 Å². The molecule has 0 spiro atoms. The lowest BCUT2D eigenvalue weighted by Crippen LogP contribution is -2.27. The van der Waals surface area contributed by atoms with Crippen LogP contribution in [0.1, 0.15) is 18.1 Å². The first-order valence-corrected chi connectivity index (χ1v) is 12.6. The van der Waals surface area contributed by atoms with E-state index in [9.17, 15) is 14.9 Å². The van der Waals surface area contributed by atoms with Crippen molar-refractivity contribution in [1.82, 2.24) is 0 Å². The molecule has 184 valence electrons. The Hall–Kier alpha value is -3.11. The molecule has 0 bridgehead atoms. The van der Waals surface area contributed by atoms with Crippen LogP contribution in [0.4, 0.5) is 11.4 Å². The molecule has 7 nitrogen and oxygen atoms in total. The fourth-order valence-corrected chi connectivity index (χ4v) is 5.00. The van der Waals surface area contributed by atoms with Gasteiger partial charge in [-0.25, -0.2) is 0 Å². The van der Waals surface area contributed by atoms with E-state index in [4.69, 9.17) is 44.9 Å². The lowest BCUT2D eigenvalue weighted by molar-refractivity contribution is -0.384. The quantitative estimate of drug-likeness (QED) is 0.124. The third-order valence-corrected chi connectivity index (χ3v) is 7.08. The molecule has 0 aromatic heterocycles. The van der Waals surface area contributed by atoms with Crippen LogP contribution in [-0.2, 0) is 11.4 Å². The van der Waals surface area contributed by atoms with Gasteiger partial charge in [-0.15, -0.1) is 0 Å². The maximum absolute atomic E-state index is 13.1. The maximum Gasteiger partial charge on any atom is 0.271 e. The van der Waals surface area contributed by atoms with Crippen molar-refractivity contribution in [2.24, 2.45) is 0 Å². The number of halogens is 2. The summed E-state index contributed by atoms with van der Waals surface area (Å²) in [4.78, 5) is 25.4. The number of rotatable bonds is 8. The minimum absolute atomic E-state index is 0.122. The zero-order valence-corrected chi connectivity index (χ0v) is 21.9. The summed E-state index contributed by atoms with van der Waals surface area (Å²) >= 11 is 18.6. The SMILES string of the molecule is CCOc1cc(/C=C2/SC(=S)N(c3cccc([N+](=O)[O-])c3)C2=O)ccc1OCc1ccc(Cl)c(Cl)c1. The topological polar surface area (TPSA) is 81.9 Å². The summed E-state index contributed by atoms with van der Waals surface area (Å²) in [6.07, 6.45) is 1.70. The summed E-state index contributed by atoms with van der Waals surface area (Å²) in [5.41, 5.74) is 1.78. The van der Waals surface area contributed by atoms with Crippen molar-refractivity contribution < 1.29 is 19.2 Å². The smallest absolute Gasteiger partial charge is 0.271 e. The van der Waals surface area contributed by atoms with Crippen LogP contribution in [0.25, 0.3) is 6.08 Å². The Balaban J connectivity index is 1.55. The van der Waals surface area contributed by atoms with E-state index < -0.39 is 4.92 Å². The van der Waals surface area contributed by atoms with Crippen molar-refractivity contribution in [2.75, 3.05) is 11.5 Å². The average Bonchev–Trinajstić information content (AvgIpc) is 3.13. The van der Waals surface area contributed by atoms with E-state index in [1.54, 1.807) is 42.5 Å². The summed E-state index contributed by atoms with van der Waals surface area (Å²) < 4.78 is 12.0. The largest absolute Gasteiger partial charge is 0.490 e. The number of benzene rings is 3. The van der Waals surface area contributed by atoms with Crippen LogP contribution >= 0.6 is 47.2 Å². The molecule has 1 saturated heterocycles. The maximum atomic E-state index is 13.1. The predicted molar refractivity (Wildman–Crippen MR) is 147 cm³/mol. The van der Waals surface area contributed by atoms with Crippen LogP contribution in [0.15, 0.2) is 65.6 Å². The van der Waals surface area contributed by atoms with Gasteiger partial charge in [0.2, 0.25) is 0 Å². The zero-order chi connectivity index (χ0) is 25.8. The highest BCUT2D eigenvalue weighted by atomic mass is 35.5. The standard InChI is InChI=1S/C25H18Cl2N2O5S2/c1-2-33-22-11-15(7-9-21(22)34-14-16-6-8-19(26)20(27)10-16)12-23-24(30)28(25(35)36-23)17-4-3-5-18(13-17)29(31)32/h3-13H,2,14H2,1H3/b23-12+. The number of nitro benzene ring substituents is 1. The van der Waals surface area contributed by atoms with Gasteiger partial charge in [0.1, 0.15) is 6.61 Å². The van der Waals surface area contributed by atoms with Gasteiger partial charge in [0.15, 0.2) is 15.8 Å². The predicted octanol–water partition coefficient (Wildman–Crippen LogP) is 7.29. The molecule has 1 amide bonds. The van der Waals surface area contributed by atoms with Crippen molar-refractivity contribution in [3.8, 4) is 11.5 Å². The molecule has 0 N–H and O–H groups in total. The third-order valence-electron chi connectivity index (χ3n) is 5.04. The van der Waals surface area contributed by atoms with Gasteiger partial charge in [-0.2, -0.15) is 0 Å². The molecule has 0 aliphatic carbocycles. The second kappa shape index (κ2) is 11.3. The molecule has 4 rings (SSSR count). The number of nitro groups is 1. The minimum atomic E-state index is -0.516. The number of carbonyl (C=O) groups excluding carboxylic acids is 1. The van der Waals surface area contributed by atoms with Gasteiger partial charge in [0.05, 0.1) is 32.2 Å². The normalized spacial score (nSPS) is 14.4. The van der Waals surface area contributed by atoms with Gasteiger partial charge in [-0.1, -0.05) is 65.4 Å². The van der Waals surface area contributed by atoms with Crippen LogP contribution in [0.3, 0.4) is 0 Å². The van der Waals surface area contributed by atoms with E-state index in [-0.39, 0.29) is 18.2 Å². The molecular weight excluding hydrogens is 543 g/mol. The Morgan fingerprint density at radius 1 is 1.06 bits per heavy atom. The van der Waals surface area contributed by atoms with Crippen LogP contribution < -0.4 is 14.4 Å². The van der Waals surface area contributed by atoms with Crippen molar-refractivity contribution in [1.29, 1.82) is 0 Å². The fourth-order valence-electron chi connectivity index (χ4n) is 3.38. The van der Waals surface area contributed by atoms with E-state index in [0.29, 0.717) is 48.6 Å². The highest BCUT2D eigenvalue weighted by Crippen LogP contribution is 2.38. The van der Waals surface area contributed by atoms with Gasteiger partial charge in [0.25, 0.3) is 11.6 Å². The first-order valence-electron chi connectivity index (χ1n) is 10.6. The Morgan fingerprint density at radius 3 is 2.58 bits per heavy atom. The van der Waals surface area contributed by atoms with Crippen molar-refractivity contribution in [2.45, 2.75) is 13.5 Å². The summed E-state index contributed by atoms with van der Waals surface area (Å²) in [7, 11) is 0. The number of non-ortho nitro benzene ring substituents is 1. The first-order chi connectivity index (χ1) is 17.3. The number of nitrogens with zero attached hydrogens (tertiary/aromatic N) is 2. The molecule has 36 heavy (non-hydrogen) atoms. The van der Waals surface area contributed by atoms with Crippen molar-refractivity contribution >= 4 is 74.9 Å². The molecule has 1 heterocycles. The van der Waals surface area contributed by atoms with Crippen LogP contribution in [0, 0.1) is 10.1 Å². The van der Waals surface area contributed by atoms with E-state index >= 15 is 0 Å². The average molecular weight is 561 g/mol. The van der Waals surface area contributed by atoms with Gasteiger partial charge in [-0.3, -0.25) is 19.8 Å². The Bertz CT molecular complexity index is 1400. The number of anilines is 1. The molecular formula is C25H18Cl2N2O5S2. The molecule has 3 aromatic rings. The summed E-state index contributed by atoms with van der Waals surface area (Å²) in [6.45, 7) is 2.54. The fraction of sp³-hybridized carbons (Fsp3) is 0.120. The van der Waals surface area contributed by atoms with E-state index in [0.717, 1.165) is 17.3 Å². The molecule has 0 unspecified atom stereocenters. The summed E-state index contributed by atoms with van der Waals surface area (Å²) in [5, 5.41) is 12.0. The zero-order valence-electron chi connectivity index (χ0n) is 18.8. The molecule has 0 radical (unpaired) electrons. The molecule has 0 atom stereocenters. The first kappa shape index (κ1) is 26.0. The van der Waals surface area contributed by atoms with Gasteiger partial charge in [0, 0.05) is 12.1 Å². The van der Waals surface area contributed by atoms with Crippen LogP contribution in [0.5, 0.6) is 11.5 Å². The number of thiocarbonyl (C=S) groups is 1. The number of hydrogen-bond donors (Lipinski definition) is 0. The Kier molecular flexibility index (Phi) is 8.15. The molecule has 0 saturated carbocycles. The molecule has 1 aliphatic heterocycles. The van der Waals surface area contributed by atoms with E-state index in [2.05, 4.69) is 0 Å². The summed E-state index contributed by atoms with van der Waals surface area (Å²) in [6, 6.07) is 16.4. The second-order valence-corrected chi connectivity index (χ2v) is 9.96. The molecule has 1 aliphatic rings. The number of amides is 1.